The number of halogens is 2. The maximum atomic E-state index is 14.3. The van der Waals surface area contributed by atoms with Crippen molar-refractivity contribution in [3.63, 3.8) is 0 Å². The van der Waals surface area contributed by atoms with E-state index in [0.717, 1.165) is 12.1 Å². The maximum absolute atomic E-state index is 14.3. The first kappa shape index (κ1) is 18.3. The highest BCUT2D eigenvalue weighted by Gasteiger charge is 2.19. The van der Waals surface area contributed by atoms with Crippen molar-refractivity contribution in [3.8, 4) is 11.1 Å². The third kappa shape index (κ3) is 4.47. The molecule has 0 aromatic heterocycles. The highest BCUT2D eigenvalue weighted by atomic mass is 19.1. The number of aliphatic imine (C=N–C) groups is 1. The van der Waals surface area contributed by atoms with Gasteiger partial charge in [0.2, 0.25) is 5.91 Å². The molecular weight excluding hydrogens is 330 g/mol. The number of amides is 1. The standard InChI is InChI=1S/C18H16F2N2O3/c1-10(18(24)25)13-6-14(19)17(15(20)7-13)12-4-2-11(3-5-12)8-22-9-16(21)23/h2-8,10H,9H2,1H3,(H2,21,23)(H,24,25). The van der Waals surface area contributed by atoms with E-state index >= 15 is 0 Å². The molecule has 0 spiro atoms. The molecule has 1 atom stereocenters. The van der Waals surface area contributed by atoms with Crippen molar-refractivity contribution in [1.82, 2.24) is 0 Å². The van der Waals surface area contributed by atoms with Crippen LogP contribution in [0.2, 0.25) is 0 Å². The summed E-state index contributed by atoms with van der Waals surface area (Å²) in [6.07, 6.45) is 1.43. The van der Waals surface area contributed by atoms with E-state index in [4.69, 9.17) is 10.8 Å². The zero-order valence-corrected chi connectivity index (χ0v) is 13.4. The number of hydrogen-bond acceptors (Lipinski definition) is 3. The minimum absolute atomic E-state index is 0.0569. The summed E-state index contributed by atoms with van der Waals surface area (Å²) in [4.78, 5) is 25.4. The molecule has 7 heteroatoms. The van der Waals surface area contributed by atoms with Crippen molar-refractivity contribution in [2.75, 3.05) is 6.54 Å². The summed E-state index contributed by atoms with van der Waals surface area (Å²) in [5, 5.41) is 8.95. The number of aliphatic carboxylic acids is 1. The van der Waals surface area contributed by atoms with Crippen LogP contribution >= 0.6 is 0 Å². The number of carbonyl (C=O) groups is 2. The van der Waals surface area contributed by atoms with Crippen LogP contribution in [-0.2, 0) is 9.59 Å². The van der Waals surface area contributed by atoms with E-state index in [1.165, 1.54) is 25.3 Å². The summed E-state index contributed by atoms with van der Waals surface area (Å²) in [5.74, 6) is -4.41. The quantitative estimate of drug-likeness (QED) is 0.788. The summed E-state index contributed by atoms with van der Waals surface area (Å²) < 4.78 is 28.6. The first-order valence-corrected chi connectivity index (χ1v) is 7.40. The molecule has 5 nitrogen and oxygen atoms in total. The molecule has 0 saturated carbocycles. The molecule has 2 aromatic rings. The minimum atomic E-state index is -1.16. The fraction of sp³-hybridized carbons (Fsp3) is 0.167. The van der Waals surface area contributed by atoms with E-state index in [2.05, 4.69) is 4.99 Å². The molecule has 2 aromatic carbocycles. The molecule has 0 heterocycles. The molecule has 0 bridgehead atoms. The van der Waals surface area contributed by atoms with Gasteiger partial charge in [0.05, 0.1) is 11.5 Å². The lowest BCUT2D eigenvalue weighted by Crippen LogP contribution is -2.13. The highest BCUT2D eigenvalue weighted by Crippen LogP contribution is 2.29. The van der Waals surface area contributed by atoms with Gasteiger partial charge in [-0.3, -0.25) is 14.6 Å². The Hall–Kier alpha value is -3.09. The van der Waals surface area contributed by atoms with Crippen LogP contribution in [0, 0.1) is 11.6 Å². The van der Waals surface area contributed by atoms with Crippen LogP contribution in [0.4, 0.5) is 8.78 Å². The van der Waals surface area contributed by atoms with Gasteiger partial charge in [-0.15, -0.1) is 0 Å². The fourth-order valence-corrected chi connectivity index (χ4v) is 2.24. The number of nitrogens with two attached hydrogens (primary N) is 1. The predicted octanol–water partition coefficient (Wildman–Crippen LogP) is 2.72. The molecular formula is C18H16F2N2O3. The second kappa shape index (κ2) is 7.65. The third-order valence-electron chi connectivity index (χ3n) is 3.62. The summed E-state index contributed by atoms with van der Waals surface area (Å²) in [7, 11) is 0. The second-order valence-electron chi connectivity index (χ2n) is 5.48. The SMILES string of the molecule is CC(C(=O)O)c1cc(F)c(-c2ccc(C=NCC(N)=O)cc2)c(F)c1. The van der Waals surface area contributed by atoms with Gasteiger partial charge in [0.1, 0.15) is 18.2 Å². The minimum Gasteiger partial charge on any atom is -0.481 e. The summed E-state index contributed by atoms with van der Waals surface area (Å²) in [6.45, 7) is 1.21. The lowest BCUT2D eigenvalue weighted by atomic mass is 9.96. The lowest BCUT2D eigenvalue weighted by Gasteiger charge is -2.11. The van der Waals surface area contributed by atoms with E-state index in [9.17, 15) is 18.4 Å². The maximum Gasteiger partial charge on any atom is 0.310 e. The number of hydrogen-bond donors (Lipinski definition) is 2. The first-order valence-electron chi connectivity index (χ1n) is 7.40. The largest absolute Gasteiger partial charge is 0.481 e. The molecule has 0 fully saturated rings. The Morgan fingerprint density at radius 1 is 1.20 bits per heavy atom. The zero-order chi connectivity index (χ0) is 18.6. The number of carboxylic acids is 1. The molecule has 1 amide bonds. The van der Waals surface area contributed by atoms with Crippen molar-refractivity contribution in [1.29, 1.82) is 0 Å². The average Bonchev–Trinajstić information content (AvgIpc) is 2.54. The Morgan fingerprint density at radius 2 is 1.76 bits per heavy atom. The Labute approximate surface area is 142 Å². The van der Waals surface area contributed by atoms with Crippen LogP contribution in [0.3, 0.4) is 0 Å². The Kier molecular flexibility index (Phi) is 5.59. The zero-order valence-electron chi connectivity index (χ0n) is 13.4. The number of rotatable bonds is 6. The molecule has 2 rings (SSSR count). The number of benzene rings is 2. The van der Waals surface area contributed by atoms with Crippen molar-refractivity contribution in [2.24, 2.45) is 10.7 Å². The number of carbonyl (C=O) groups excluding carboxylic acids is 1. The first-order chi connectivity index (χ1) is 11.8. The highest BCUT2D eigenvalue weighted by molar-refractivity contribution is 5.84. The smallest absolute Gasteiger partial charge is 0.310 e. The van der Waals surface area contributed by atoms with E-state index < -0.39 is 29.4 Å². The van der Waals surface area contributed by atoms with Crippen LogP contribution in [0.15, 0.2) is 41.4 Å². The van der Waals surface area contributed by atoms with Gasteiger partial charge >= 0.3 is 5.97 Å². The normalized spacial score (nSPS) is 12.3. The molecule has 0 aliphatic carbocycles. The lowest BCUT2D eigenvalue weighted by molar-refractivity contribution is -0.138. The number of carboxylic acid groups (broad SMARTS) is 1. The molecule has 1 unspecified atom stereocenters. The second-order valence-corrected chi connectivity index (χ2v) is 5.48. The topological polar surface area (TPSA) is 92.8 Å². The van der Waals surface area contributed by atoms with Crippen LogP contribution in [0.25, 0.3) is 11.1 Å². The Bertz CT molecular complexity index is 810. The molecule has 0 radical (unpaired) electrons. The average molecular weight is 346 g/mol. The van der Waals surface area contributed by atoms with Crippen molar-refractivity contribution >= 4 is 18.1 Å². The Balaban J connectivity index is 2.31. The number of nitrogens with zero attached hydrogens (tertiary/aromatic N) is 1. The Morgan fingerprint density at radius 3 is 2.24 bits per heavy atom. The summed E-state index contributed by atoms with van der Waals surface area (Å²) >= 11 is 0. The molecule has 0 aliphatic heterocycles. The molecule has 0 aliphatic rings. The summed E-state index contributed by atoms with van der Waals surface area (Å²) in [5.41, 5.74) is 5.73. The van der Waals surface area contributed by atoms with E-state index in [1.807, 2.05) is 0 Å². The van der Waals surface area contributed by atoms with Gasteiger partial charge in [-0.1, -0.05) is 24.3 Å². The van der Waals surface area contributed by atoms with Crippen molar-refractivity contribution < 1.29 is 23.5 Å². The van der Waals surface area contributed by atoms with Crippen LogP contribution in [-0.4, -0.2) is 29.7 Å². The van der Waals surface area contributed by atoms with Crippen LogP contribution in [0.5, 0.6) is 0 Å². The molecule has 25 heavy (non-hydrogen) atoms. The van der Waals surface area contributed by atoms with Crippen molar-refractivity contribution in [2.45, 2.75) is 12.8 Å². The van der Waals surface area contributed by atoms with Gasteiger partial charge in [0.15, 0.2) is 0 Å². The van der Waals surface area contributed by atoms with E-state index in [0.29, 0.717) is 11.1 Å². The molecule has 130 valence electrons. The van der Waals surface area contributed by atoms with Gasteiger partial charge in [0.25, 0.3) is 0 Å². The number of primary amides is 1. The third-order valence-corrected chi connectivity index (χ3v) is 3.62. The van der Waals surface area contributed by atoms with Crippen LogP contribution < -0.4 is 5.73 Å². The monoisotopic (exact) mass is 346 g/mol. The van der Waals surface area contributed by atoms with Gasteiger partial charge < -0.3 is 10.8 Å². The summed E-state index contributed by atoms with van der Waals surface area (Å²) in [6, 6.07) is 8.25. The van der Waals surface area contributed by atoms with Gasteiger partial charge in [0, 0.05) is 6.21 Å². The fourth-order valence-electron chi connectivity index (χ4n) is 2.24. The van der Waals surface area contributed by atoms with Crippen LogP contribution in [0.1, 0.15) is 24.0 Å². The van der Waals surface area contributed by atoms with E-state index in [1.54, 1.807) is 12.1 Å². The van der Waals surface area contributed by atoms with Gasteiger partial charge in [-0.25, -0.2) is 8.78 Å². The molecule has 0 saturated heterocycles. The van der Waals surface area contributed by atoms with E-state index in [-0.39, 0.29) is 17.7 Å². The molecule has 3 N–H and O–H groups in total. The van der Waals surface area contributed by atoms with Gasteiger partial charge in [-0.2, -0.15) is 0 Å². The predicted molar refractivity (Wildman–Crippen MR) is 89.5 cm³/mol. The van der Waals surface area contributed by atoms with Crippen molar-refractivity contribution in [3.05, 3.63) is 59.2 Å². The van der Waals surface area contributed by atoms with Gasteiger partial charge in [-0.05, 0) is 35.7 Å².